The molecule has 0 spiro atoms. The lowest BCUT2D eigenvalue weighted by Crippen LogP contribution is -2.26. The van der Waals surface area contributed by atoms with Gasteiger partial charge in [0.2, 0.25) is 0 Å². The Kier molecular flexibility index (Phi) is 14.2. The Morgan fingerprint density at radius 1 is 0.581 bits per heavy atom. The number of carbonyl (C=O) groups is 3. The average molecular weight is 451 g/mol. The van der Waals surface area contributed by atoms with Crippen LogP contribution in [0, 0.1) is 17.8 Å². The van der Waals surface area contributed by atoms with Crippen LogP contribution in [0.5, 0.6) is 0 Å². The summed E-state index contributed by atoms with van der Waals surface area (Å²) in [7, 11) is 0. The van der Waals surface area contributed by atoms with Gasteiger partial charge in [0.15, 0.2) is 17.3 Å². The Hall–Kier alpha value is -1.84. The summed E-state index contributed by atoms with van der Waals surface area (Å²) in [5, 5.41) is 0. The van der Waals surface area contributed by atoms with Crippen molar-refractivity contribution in [2.45, 2.75) is 81.6 Å². The molecular formula is C24H39AlO6. The Morgan fingerprint density at radius 3 is 1.00 bits per heavy atom. The van der Waals surface area contributed by atoms with Gasteiger partial charge in [-0.3, -0.25) is 14.4 Å². The normalized spacial score (nSPS) is 13.0. The molecule has 0 aliphatic rings. The highest BCUT2D eigenvalue weighted by Crippen LogP contribution is 2.14. The fourth-order valence-electron chi connectivity index (χ4n) is 2.69. The number of carbonyl (C=O) groups excluding carboxylic acids is 3. The molecule has 0 fully saturated rings. The van der Waals surface area contributed by atoms with Gasteiger partial charge in [0, 0.05) is 37.5 Å². The van der Waals surface area contributed by atoms with Gasteiger partial charge in [0.1, 0.15) is 0 Å². The highest BCUT2D eigenvalue weighted by Gasteiger charge is 2.44. The molecule has 7 heteroatoms. The van der Waals surface area contributed by atoms with Crippen molar-refractivity contribution in [3.8, 4) is 0 Å². The molecule has 0 aliphatic carbocycles. The van der Waals surface area contributed by atoms with Crippen LogP contribution in [-0.4, -0.2) is 32.5 Å². The van der Waals surface area contributed by atoms with Crippen molar-refractivity contribution < 1.29 is 25.7 Å². The summed E-state index contributed by atoms with van der Waals surface area (Å²) in [6.45, 7) is 16.8. The van der Waals surface area contributed by atoms with Gasteiger partial charge < -0.3 is 11.4 Å². The first-order chi connectivity index (χ1) is 14.3. The molecule has 0 atom stereocenters. The first-order valence-electron chi connectivity index (χ1n) is 10.9. The van der Waals surface area contributed by atoms with Crippen molar-refractivity contribution in [2.75, 3.05) is 0 Å². The first kappa shape index (κ1) is 29.2. The molecule has 0 aliphatic heterocycles. The summed E-state index contributed by atoms with van der Waals surface area (Å²) >= 11 is -2.85. The van der Waals surface area contributed by atoms with Crippen LogP contribution < -0.4 is 0 Å². The number of hydrogen-bond acceptors (Lipinski definition) is 6. The minimum Gasteiger partial charge on any atom is -0.580 e. The molecule has 0 saturated carbocycles. The fourth-order valence-corrected chi connectivity index (χ4v) is 3.95. The molecule has 0 aromatic heterocycles. The summed E-state index contributed by atoms with van der Waals surface area (Å²) in [4.78, 5) is 36.2. The van der Waals surface area contributed by atoms with Gasteiger partial charge in [-0.15, -0.1) is 0 Å². The summed E-state index contributed by atoms with van der Waals surface area (Å²) in [6.07, 6.45) is 5.54. The van der Waals surface area contributed by atoms with Crippen LogP contribution in [0.15, 0.2) is 35.5 Å². The highest BCUT2D eigenvalue weighted by atomic mass is 27.3. The second-order valence-corrected chi connectivity index (χ2v) is 10.4. The Balaban J connectivity index is 5.41. The molecule has 0 rings (SSSR count). The van der Waals surface area contributed by atoms with Crippen molar-refractivity contribution in [2.24, 2.45) is 17.8 Å². The number of allylic oxidation sites excluding steroid dienone is 6. The third kappa shape index (κ3) is 16.5. The van der Waals surface area contributed by atoms with E-state index in [9.17, 15) is 14.4 Å². The lowest BCUT2D eigenvalue weighted by Gasteiger charge is -2.17. The SMILES string of the molecule is CC(=CC(=O)CC(C)C)[O][Al]([O]C(C)=CC(=O)CC(C)C)[O]C(C)=CC(=O)CC(C)C. The highest BCUT2D eigenvalue weighted by molar-refractivity contribution is 6.37. The zero-order valence-corrected chi connectivity index (χ0v) is 21.8. The van der Waals surface area contributed by atoms with E-state index in [2.05, 4.69) is 0 Å². The molecule has 0 N–H and O–H groups in total. The lowest BCUT2D eigenvalue weighted by atomic mass is 10.1. The van der Waals surface area contributed by atoms with Gasteiger partial charge >= 0.3 is 15.1 Å². The standard InChI is InChI=1S/3C8H14O2.Al/c3*1-6(2)4-8(10)5-7(3)9;/h3*5-6,9H,4H2,1-3H3;/q;;;+3/p-3. The topological polar surface area (TPSA) is 78.9 Å². The number of rotatable bonds is 15. The average Bonchev–Trinajstić information content (AvgIpc) is 2.50. The van der Waals surface area contributed by atoms with E-state index in [4.69, 9.17) is 11.4 Å². The third-order valence-electron chi connectivity index (χ3n) is 3.77. The van der Waals surface area contributed by atoms with E-state index in [1.54, 1.807) is 20.8 Å². The van der Waals surface area contributed by atoms with Gasteiger partial charge in [0.05, 0.1) is 17.3 Å². The van der Waals surface area contributed by atoms with E-state index in [1.165, 1.54) is 18.2 Å². The van der Waals surface area contributed by atoms with Gasteiger partial charge in [-0.25, -0.2) is 0 Å². The van der Waals surface area contributed by atoms with Crippen molar-refractivity contribution in [3.05, 3.63) is 35.5 Å². The van der Waals surface area contributed by atoms with E-state index in [-0.39, 0.29) is 35.1 Å². The Morgan fingerprint density at radius 2 is 0.806 bits per heavy atom. The fraction of sp³-hybridized carbons (Fsp3) is 0.625. The molecule has 0 aromatic rings. The second-order valence-electron chi connectivity index (χ2n) is 9.10. The molecular weight excluding hydrogens is 411 g/mol. The van der Waals surface area contributed by atoms with E-state index >= 15 is 0 Å². The van der Waals surface area contributed by atoms with Gasteiger partial charge in [-0.1, -0.05) is 41.5 Å². The Bertz CT molecular complexity index is 606. The van der Waals surface area contributed by atoms with Crippen molar-refractivity contribution in [3.63, 3.8) is 0 Å². The van der Waals surface area contributed by atoms with E-state index in [1.807, 2.05) is 41.5 Å². The lowest BCUT2D eigenvalue weighted by molar-refractivity contribution is -0.116. The predicted octanol–water partition coefficient (Wildman–Crippen LogP) is 5.58. The van der Waals surface area contributed by atoms with E-state index in [0.29, 0.717) is 36.5 Å². The van der Waals surface area contributed by atoms with Crippen LogP contribution >= 0.6 is 0 Å². The largest absolute Gasteiger partial charge is 1.20 e. The van der Waals surface area contributed by atoms with Crippen LogP contribution in [0.3, 0.4) is 0 Å². The van der Waals surface area contributed by atoms with Crippen LogP contribution in [0.4, 0.5) is 0 Å². The molecule has 0 unspecified atom stereocenters. The molecule has 0 bridgehead atoms. The second kappa shape index (κ2) is 15.0. The zero-order chi connectivity index (χ0) is 24.1. The molecule has 0 saturated heterocycles. The van der Waals surface area contributed by atoms with Crippen LogP contribution in [0.2, 0.25) is 0 Å². The monoisotopic (exact) mass is 450 g/mol. The third-order valence-corrected chi connectivity index (χ3v) is 5.46. The Labute approximate surface area is 193 Å². The van der Waals surface area contributed by atoms with Gasteiger partial charge in [-0.05, 0) is 38.5 Å². The van der Waals surface area contributed by atoms with Crippen molar-refractivity contribution in [1.82, 2.24) is 0 Å². The predicted molar refractivity (Wildman–Crippen MR) is 124 cm³/mol. The van der Waals surface area contributed by atoms with Gasteiger partial charge in [0.25, 0.3) is 0 Å². The molecule has 0 amide bonds. The number of ketones is 3. The maximum absolute atomic E-state index is 12.1. The summed E-state index contributed by atoms with van der Waals surface area (Å²) in [5.74, 6) is 1.74. The zero-order valence-electron chi connectivity index (χ0n) is 20.6. The van der Waals surface area contributed by atoms with Crippen LogP contribution in [0.25, 0.3) is 0 Å². The smallest absolute Gasteiger partial charge is 0.580 e. The minimum absolute atomic E-state index is 0.0426. The van der Waals surface area contributed by atoms with Crippen molar-refractivity contribution in [1.29, 1.82) is 0 Å². The van der Waals surface area contributed by atoms with Crippen LogP contribution in [0.1, 0.15) is 81.6 Å². The summed E-state index contributed by atoms with van der Waals surface area (Å²) in [6, 6.07) is 0. The molecule has 0 radical (unpaired) electrons. The summed E-state index contributed by atoms with van der Waals surface area (Å²) < 4.78 is 17.4. The molecule has 6 nitrogen and oxygen atoms in total. The maximum atomic E-state index is 12.1. The molecule has 0 aromatic carbocycles. The van der Waals surface area contributed by atoms with E-state index < -0.39 is 15.1 Å². The molecule has 31 heavy (non-hydrogen) atoms. The maximum Gasteiger partial charge on any atom is 1.20 e. The minimum atomic E-state index is -2.85. The quantitative estimate of drug-likeness (QED) is 0.184. The molecule has 0 heterocycles. The summed E-state index contributed by atoms with van der Waals surface area (Å²) in [5.41, 5.74) is 0. The van der Waals surface area contributed by atoms with E-state index in [0.717, 1.165) is 0 Å². The van der Waals surface area contributed by atoms with Crippen LogP contribution in [-0.2, 0) is 25.7 Å². The molecule has 174 valence electrons. The first-order valence-corrected chi connectivity index (χ1v) is 12.3. The van der Waals surface area contributed by atoms with Gasteiger partial charge in [-0.2, -0.15) is 0 Å². The number of hydrogen-bond donors (Lipinski definition) is 0. The van der Waals surface area contributed by atoms with Crippen molar-refractivity contribution >= 4 is 32.5 Å².